The number of nitrogens with zero attached hydrogens (tertiary/aromatic N) is 4. The van der Waals surface area contributed by atoms with Crippen LogP contribution in [0.4, 0.5) is 23.0 Å². The van der Waals surface area contributed by atoms with E-state index >= 15 is 0 Å². The maximum atomic E-state index is 12.2. The van der Waals surface area contributed by atoms with E-state index in [9.17, 15) is 14.9 Å². The van der Waals surface area contributed by atoms with Crippen molar-refractivity contribution in [1.82, 2.24) is 15.4 Å². The summed E-state index contributed by atoms with van der Waals surface area (Å²) in [5.74, 6) is -0.327. The molecule has 0 aliphatic carbocycles. The van der Waals surface area contributed by atoms with Crippen molar-refractivity contribution in [2.45, 2.75) is 6.42 Å². The quantitative estimate of drug-likeness (QED) is 0.520. The van der Waals surface area contributed by atoms with Crippen LogP contribution in [-0.2, 0) is 6.42 Å². The van der Waals surface area contributed by atoms with E-state index in [0.29, 0.717) is 12.1 Å². The topological polar surface area (TPSA) is 113 Å². The van der Waals surface area contributed by atoms with E-state index in [2.05, 4.69) is 20.8 Å². The Balaban J connectivity index is 1.64. The number of fused-ring (bicyclic) bond motifs is 1. The summed E-state index contributed by atoms with van der Waals surface area (Å²) in [5, 5.41) is 11.8. The number of para-hydroxylation sites is 1. The standard InChI is InChI=1S/C19H16N6O3/c26-19(14-7-2-1-3-8-14)23-22-17-16(25(27)28)18(21-12-20-17)24-11-10-13-6-4-5-9-15(13)24/h1-9,12H,10-11H2,(H,23,26)(H,20,21,22). The van der Waals surface area contributed by atoms with Gasteiger partial charge in [0.25, 0.3) is 5.91 Å². The third kappa shape index (κ3) is 3.20. The van der Waals surface area contributed by atoms with E-state index in [4.69, 9.17) is 0 Å². The van der Waals surface area contributed by atoms with Crippen LogP contribution in [0.15, 0.2) is 60.9 Å². The van der Waals surface area contributed by atoms with Gasteiger partial charge in [-0.15, -0.1) is 0 Å². The molecule has 0 spiro atoms. The third-order valence-corrected chi connectivity index (χ3v) is 4.46. The molecule has 1 aliphatic rings. The van der Waals surface area contributed by atoms with Crippen molar-refractivity contribution >= 4 is 28.9 Å². The number of carbonyl (C=O) groups is 1. The van der Waals surface area contributed by atoms with E-state index in [1.165, 1.54) is 6.33 Å². The first-order valence-electron chi connectivity index (χ1n) is 8.61. The third-order valence-electron chi connectivity index (χ3n) is 4.46. The predicted molar refractivity (Wildman–Crippen MR) is 103 cm³/mol. The molecule has 9 nitrogen and oxygen atoms in total. The molecule has 4 rings (SSSR count). The minimum Gasteiger partial charge on any atom is -0.320 e. The summed E-state index contributed by atoms with van der Waals surface area (Å²) in [5.41, 5.74) is 7.10. The van der Waals surface area contributed by atoms with Gasteiger partial charge in [0.15, 0.2) is 0 Å². The highest BCUT2D eigenvalue weighted by Gasteiger charge is 2.31. The second kappa shape index (κ2) is 7.31. The number of rotatable bonds is 5. The lowest BCUT2D eigenvalue weighted by Gasteiger charge is -2.19. The maximum absolute atomic E-state index is 12.2. The molecule has 2 heterocycles. The lowest BCUT2D eigenvalue weighted by molar-refractivity contribution is -0.383. The lowest BCUT2D eigenvalue weighted by Crippen LogP contribution is -2.30. The minimum absolute atomic E-state index is 0.0799. The van der Waals surface area contributed by atoms with E-state index < -0.39 is 10.8 Å². The molecule has 140 valence electrons. The van der Waals surface area contributed by atoms with Gasteiger partial charge in [-0.3, -0.25) is 25.8 Å². The number of aromatic nitrogens is 2. The van der Waals surface area contributed by atoms with Gasteiger partial charge in [-0.2, -0.15) is 0 Å². The van der Waals surface area contributed by atoms with Gasteiger partial charge in [0, 0.05) is 17.8 Å². The van der Waals surface area contributed by atoms with Gasteiger partial charge in [-0.05, 0) is 30.2 Å². The number of nitro groups is 1. The van der Waals surface area contributed by atoms with E-state index in [0.717, 1.165) is 17.7 Å². The molecule has 2 N–H and O–H groups in total. The number of benzene rings is 2. The number of hydrogen-bond acceptors (Lipinski definition) is 7. The predicted octanol–water partition coefficient (Wildman–Crippen LogP) is 2.84. The van der Waals surface area contributed by atoms with Crippen LogP contribution in [0.2, 0.25) is 0 Å². The van der Waals surface area contributed by atoms with Gasteiger partial charge < -0.3 is 4.90 Å². The Labute approximate surface area is 160 Å². The fourth-order valence-electron chi connectivity index (χ4n) is 3.16. The summed E-state index contributed by atoms with van der Waals surface area (Å²) in [6.45, 7) is 0.576. The fraction of sp³-hybridized carbons (Fsp3) is 0.105. The highest BCUT2D eigenvalue weighted by Crippen LogP contribution is 2.39. The normalized spacial score (nSPS) is 12.4. The molecule has 3 aromatic rings. The molecule has 1 aromatic heterocycles. The van der Waals surface area contributed by atoms with Crippen LogP contribution < -0.4 is 15.8 Å². The van der Waals surface area contributed by atoms with Crippen LogP contribution in [0, 0.1) is 10.1 Å². The molecule has 0 saturated carbocycles. The smallest absolute Gasteiger partial charge is 0.320 e. The fourth-order valence-corrected chi connectivity index (χ4v) is 3.16. The summed E-state index contributed by atoms with van der Waals surface area (Å²) < 4.78 is 0. The van der Waals surface area contributed by atoms with E-state index in [1.807, 2.05) is 24.3 Å². The number of hydrogen-bond donors (Lipinski definition) is 2. The molecule has 9 heteroatoms. The van der Waals surface area contributed by atoms with Crippen molar-refractivity contribution in [3.8, 4) is 0 Å². The van der Waals surface area contributed by atoms with Crippen molar-refractivity contribution in [3.05, 3.63) is 82.2 Å². The molecule has 0 saturated heterocycles. The van der Waals surface area contributed by atoms with Crippen molar-refractivity contribution in [2.24, 2.45) is 0 Å². The largest absolute Gasteiger partial charge is 0.355 e. The van der Waals surface area contributed by atoms with E-state index in [1.54, 1.807) is 35.2 Å². The van der Waals surface area contributed by atoms with Crippen molar-refractivity contribution < 1.29 is 9.72 Å². The zero-order valence-electron chi connectivity index (χ0n) is 14.7. The number of nitrogens with one attached hydrogen (secondary N) is 2. The Morgan fingerprint density at radius 2 is 1.82 bits per heavy atom. The second-order valence-electron chi connectivity index (χ2n) is 6.13. The molecule has 0 radical (unpaired) electrons. The van der Waals surface area contributed by atoms with Crippen LogP contribution >= 0.6 is 0 Å². The molecule has 1 amide bonds. The summed E-state index contributed by atoms with van der Waals surface area (Å²) >= 11 is 0. The van der Waals surface area contributed by atoms with Crippen molar-refractivity contribution in [2.75, 3.05) is 16.9 Å². The minimum atomic E-state index is -0.548. The molecule has 28 heavy (non-hydrogen) atoms. The molecular formula is C19H16N6O3. The Morgan fingerprint density at radius 3 is 2.61 bits per heavy atom. The van der Waals surface area contributed by atoms with Crippen LogP contribution in [0.25, 0.3) is 0 Å². The van der Waals surface area contributed by atoms with Crippen molar-refractivity contribution in [3.63, 3.8) is 0 Å². The average molecular weight is 376 g/mol. The van der Waals surface area contributed by atoms with Gasteiger partial charge in [0.1, 0.15) is 6.33 Å². The van der Waals surface area contributed by atoms with Crippen LogP contribution in [0.5, 0.6) is 0 Å². The van der Waals surface area contributed by atoms with E-state index in [-0.39, 0.29) is 17.3 Å². The summed E-state index contributed by atoms with van der Waals surface area (Å²) in [7, 11) is 0. The van der Waals surface area contributed by atoms with Gasteiger partial charge in [0.2, 0.25) is 11.6 Å². The SMILES string of the molecule is O=C(NNc1ncnc(N2CCc3ccccc32)c1[N+](=O)[O-])c1ccccc1. The Kier molecular flexibility index (Phi) is 4.55. The Bertz CT molecular complexity index is 1040. The first-order chi connectivity index (χ1) is 13.6. The second-order valence-corrected chi connectivity index (χ2v) is 6.13. The first-order valence-corrected chi connectivity index (χ1v) is 8.61. The molecule has 0 fully saturated rings. The Morgan fingerprint density at radius 1 is 1.07 bits per heavy atom. The number of hydrazine groups is 1. The average Bonchev–Trinajstić information content (AvgIpc) is 3.16. The van der Waals surface area contributed by atoms with Gasteiger partial charge in [0.05, 0.1) is 4.92 Å². The molecule has 0 atom stereocenters. The maximum Gasteiger partial charge on any atom is 0.355 e. The number of amides is 1. The number of carbonyl (C=O) groups excluding carboxylic acids is 1. The lowest BCUT2D eigenvalue weighted by atomic mass is 10.2. The molecule has 0 bridgehead atoms. The molecular weight excluding hydrogens is 360 g/mol. The first kappa shape index (κ1) is 17.4. The van der Waals surface area contributed by atoms with Crippen molar-refractivity contribution in [1.29, 1.82) is 0 Å². The highest BCUT2D eigenvalue weighted by molar-refractivity contribution is 5.95. The molecule has 0 unspecified atom stereocenters. The van der Waals surface area contributed by atoms with Crippen LogP contribution in [-0.4, -0.2) is 27.3 Å². The summed E-state index contributed by atoms with van der Waals surface area (Å²) in [6.07, 6.45) is 2.01. The van der Waals surface area contributed by atoms with Crippen LogP contribution in [0.1, 0.15) is 15.9 Å². The van der Waals surface area contributed by atoms with Gasteiger partial charge >= 0.3 is 5.69 Å². The summed E-state index contributed by atoms with van der Waals surface area (Å²) in [6, 6.07) is 16.2. The highest BCUT2D eigenvalue weighted by atomic mass is 16.6. The zero-order valence-corrected chi connectivity index (χ0v) is 14.7. The van der Waals surface area contributed by atoms with Gasteiger partial charge in [-0.25, -0.2) is 9.97 Å². The van der Waals surface area contributed by atoms with Gasteiger partial charge in [-0.1, -0.05) is 36.4 Å². The zero-order chi connectivity index (χ0) is 19.5. The summed E-state index contributed by atoms with van der Waals surface area (Å²) in [4.78, 5) is 33.3. The molecule has 1 aliphatic heterocycles. The Hall–Kier alpha value is -4.01. The molecule has 2 aromatic carbocycles. The monoisotopic (exact) mass is 376 g/mol. The number of anilines is 3. The van der Waals surface area contributed by atoms with Crippen LogP contribution in [0.3, 0.4) is 0 Å².